The van der Waals surface area contributed by atoms with Gasteiger partial charge in [0.15, 0.2) is 0 Å². The molecule has 8 heteroatoms. The predicted molar refractivity (Wildman–Crippen MR) is 96.4 cm³/mol. The monoisotopic (exact) mass is 361 g/mol. The van der Waals surface area contributed by atoms with Gasteiger partial charge in [0.25, 0.3) is 5.91 Å². The molecular weight excluding hydrogens is 342 g/mol. The highest BCUT2D eigenvalue weighted by atomic mass is 32.2. The quantitative estimate of drug-likeness (QED) is 0.534. The van der Waals surface area contributed by atoms with Gasteiger partial charge in [0.05, 0.1) is 25.8 Å². The smallest absolute Gasteiger partial charge is 0.337 e. The highest BCUT2D eigenvalue weighted by Crippen LogP contribution is 2.30. The minimum absolute atomic E-state index is 0.122. The molecule has 2 heterocycles. The zero-order valence-corrected chi connectivity index (χ0v) is 14.8. The minimum atomic E-state index is -0.552. The molecule has 1 aliphatic rings. The van der Waals surface area contributed by atoms with Gasteiger partial charge in [-0.05, 0) is 24.5 Å². The number of hydrogen-bond donors (Lipinski definition) is 3. The lowest BCUT2D eigenvalue weighted by Crippen LogP contribution is -2.31. The van der Waals surface area contributed by atoms with Crippen LogP contribution in [0.4, 0.5) is 5.69 Å². The topological polar surface area (TPSA) is 94.7 Å². The number of fused-ring (bicyclic) bond motifs is 1. The summed E-state index contributed by atoms with van der Waals surface area (Å²) < 4.78 is 4.78. The van der Waals surface area contributed by atoms with Crippen LogP contribution in [-0.2, 0) is 14.3 Å². The lowest BCUT2D eigenvalue weighted by atomic mass is 10.2. The van der Waals surface area contributed by atoms with E-state index in [9.17, 15) is 9.59 Å². The van der Waals surface area contributed by atoms with Gasteiger partial charge in [-0.2, -0.15) is 0 Å². The number of aliphatic hydroxyl groups excluding tert-OH is 1. The van der Waals surface area contributed by atoms with Crippen LogP contribution in [0.15, 0.2) is 40.6 Å². The van der Waals surface area contributed by atoms with Crippen molar-refractivity contribution in [3.8, 4) is 0 Å². The Morgan fingerprint density at radius 3 is 2.96 bits per heavy atom. The average molecular weight is 361 g/mol. The second-order valence-corrected chi connectivity index (χ2v) is 6.39. The maximum atomic E-state index is 12.5. The number of thioether (sulfide) groups is 1. The van der Waals surface area contributed by atoms with E-state index in [4.69, 9.17) is 9.84 Å². The lowest BCUT2D eigenvalue weighted by Gasteiger charge is -2.15. The summed E-state index contributed by atoms with van der Waals surface area (Å²) in [6.07, 6.45) is 3.93. The van der Waals surface area contributed by atoms with Crippen LogP contribution in [0.5, 0.6) is 0 Å². The first-order chi connectivity index (χ1) is 12.1. The highest BCUT2D eigenvalue weighted by Gasteiger charge is 2.34. The number of anilines is 1. The maximum absolute atomic E-state index is 12.5. The van der Waals surface area contributed by atoms with Crippen molar-refractivity contribution < 1.29 is 19.4 Å². The summed E-state index contributed by atoms with van der Waals surface area (Å²) in [6, 6.07) is 5.69. The number of amides is 1. The molecule has 0 saturated carbocycles. The third-order valence-corrected chi connectivity index (χ3v) is 4.86. The number of carbonyl (C=O) groups excluding carboxylic acids is 2. The molecule has 3 N–H and O–H groups in total. The van der Waals surface area contributed by atoms with Crippen molar-refractivity contribution in [2.45, 2.75) is 4.90 Å². The lowest BCUT2D eigenvalue weighted by molar-refractivity contribution is -0.136. The van der Waals surface area contributed by atoms with E-state index in [0.717, 1.165) is 15.8 Å². The van der Waals surface area contributed by atoms with E-state index >= 15 is 0 Å². The molecule has 0 radical (unpaired) electrons. The highest BCUT2D eigenvalue weighted by molar-refractivity contribution is 7.98. The van der Waals surface area contributed by atoms with E-state index in [-0.39, 0.29) is 36.9 Å². The van der Waals surface area contributed by atoms with E-state index in [0.29, 0.717) is 5.69 Å². The van der Waals surface area contributed by atoms with E-state index in [1.807, 2.05) is 30.7 Å². The van der Waals surface area contributed by atoms with Crippen molar-refractivity contribution in [2.24, 2.45) is 0 Å². The Morgan fingerprint density at radius 1 is 1.48 bits per heavy atom. The summed E-state index contributed by atoms with van der Waals surface area (Å²) in [6.45, 7) is 0.120. The van der Waals surface area contributed by atoms with Crippen LogP contribution in [0.25, 0.3) is 10.9 Å². The fourth-order valence-corrected chi connectivity index (χ4v) is 3.40. The Kier molecular flexibility index (Phi) is 5.00. The first kappa shape index (κ1) is 17.4. The minimum Gasteiger partial charge on any atom is -0.466 e. The molecule has 0 fully saturated rings. The number of benzene rings is 1. The molecule has 1 amide bonds. The van der Waals surface area contributed by atoms with Crippen LogP contribution in [0.3, 0.4) is 0 Å². The van der Waals surface area contributed by atoms with Crippen LogP contribution in [0.1, 0.15) is 0 Å². The van der Waals surface area contributed by atoms with E-state index in [2.05, 4.69) is 10.3 Å². The SMILES string of the molecule is COC(=O)C1=C(Nc2ccc3[nH]cc(SC)c3c2)C(=O)N(CCO)C1. The van der Waals surface area contributed by atoms with Crippen LogP contribution in [0.2, 0.25) is 0 Å². The van der Waals surface area contributed by atoms with Crippen molar-refractivity contribution in [2.75, 3.05) is 38.4 Å². The zero-order valence-electron chi connectivity index (χ0n) is 14.0. The van der Waals surface area contributed by atoms with Gasteiger partial charge in [-0.25, -0.2) is 4.79 Å². The number of carbonyl (C=O) groups is 2. The molecule has 0 bridgehead atoms. The number of hydrogen-bond acceptors (Lipinski definition) is 6. The fraction of sp³-hybridized carbons (Fsp3) is 0.294. The summed E-state index contributed by atoms with van der Waals surface area (Å²) >= 11 is 1.62. The van der Waals surface area contributed by atoms with Crippen LogP contribution in [0, 0.1) is 0 Å². The molecule has 0 unspecified atom stereocenters. The summed E-state index contributed by atoms with van der Waals surface area (Å²) in [5.74, 6) is -0.877. The predicted octanol–water partition coefficient (Wildman–Crippen LogP) is 1.56. The van der Waals surface area contributed by atoms with Crippen LogP contribution in [-0.4, -0.2) is 59.9 Å². The van der Waals surface area contributed by atoms with Gasteiger partial charge in [0.2, 0.25) is 0 Å². The van der Waals surface area contributed by atoms with Crippen molar-refractivity contribution in [3.63, 3.8) is 0 Å². The Hall–Kier alpha value is -2.45. The second-order valence-electron chi connectivity index (χ2n) is 5.54. The number of β-amino-alcohol motifs (C(OH)–C–C–N with tert-alkyl or cyclic N) is 1. The molecular formula is C17H19N3O4S. The maximum Gasteiger partial charge on any atom is 0.337 e. The van der Waals surface area contributed by atoms with Gasteiger partial charge in [-0.1, -0.05) is 0 Å². The first-order valence-corrected chi connectivity index (χ1v) is 8.95. The molecule has 1 aliphatic heterocycles. The molecule has 0 atom stereocenters. The molecule has 3 rings (SSSR count). The number of methoxy groups -OCH3 is 1. The van der Waals surface area contributed by atoms with Crippen molar-refractivity contribution in [1.82, 2.24) is 9.88 Å². The summed E-state index contributed by atoms with van der Waals surface area (Å²) in [5, 5.41) is 13.2. The number of aromatic nitrogens is 1. The van der Waals surface area contributed by atoms with Gasteiger partial charge in [0.1, 0.15) is 5.70 Å². The Bertz CT molecular complexity index is 859. The number of H-pyrrole nitrogens is 1. The number of aliphatic hydroxyl groups is 1. The van der Waals surface area contributed by atoms with Gasteiger partial charge >= 0.3 is 5.97 Å². The molecule has 1 aromatic heterocycles. The summed E-state index contributed by atoms with van der Waals surface area (Å²) in [4.78, 5) is 30.3. The molecule has 0 aliphatic carbocycles. The van der Waals surface area contributed by atoms with Crippen molar-refractivity contribution >= 4 is 40.2 Å². The molecule has 1 aromatic carbocycles. The number of rotatable bonds is 6. The summed E-state index contributed by atoms with van der Waals surface area (Å²) in [5.41, 5.74) is 2.16. The summed E-state index contributed by atoms with van der Waals surface area (Å²) in [7, 11) is 1.28. The normalized spacial score (nSPS) is 14.5. The molecule has 0 saturated heterocycles. The standard InChI is InChI=1S/C17H19N3O4S/c1-24-17(23)12-9-20(5-6-21)16(22)15(12)19-10-3-4-13-11(7-10)14(25-2)8-18-13/h3-4,7-8,18-19,21H,5-6,9H2,1-2H3. The molecule has 2 aromatic rings. The van der Waals surface area contributed by atoms with Gasteiger partial charge in [-0.15, -0.1) is 11.8 Å². The third-order valence-electron chi connectivity index (χ3n) is 4.09. The Morgan fingerprint density at radius 2 is 2.28 bits per heavy atom. The molecule has 7 nitrogen and oxygen atoms in total. The van der Waals surface area contributed by atoms with Crippen LogP contribution < -0.4 is 5.32 Å². The Balaban J connectivity index is 1.95. The zero-order chi connectivity index (χ0) is 18.0. The van der Waals surface area contributed by atoms with Gasteiger partial charge < -0.3 is 25.0 Å². The number of esters is 1. The van der Waals surface area contributed by atoms with Gasteiger partial charge in [-0.3, -0.25) is 4.79 Å². The van der Waals surface area contributed by atoms with Crippen molar-refractivity contribution in [1.29, 1.82) is 0 Å². The van der Waals surface area contributed by atoms with E-state index < -0.39 is 5.97 Å². The Labute approximate surface area is 149 Å². The first-order valence-electron chi connectivity index (χ1n) is 7.72. The van der Waals surface area contributed by atoms with Crippen molar-refractivity contribution in [3.05, 3.63) is 35.7 Å². The molecule has 132 valence electrons. The fourth-order valence-electron chi connectivity index (χ4n) is 2.83. The number of nitrogens with one attached hydrogen (secondary N) is 2. The molecule has 0 spiro atoms. The average Bonchev–Trinajstić information content (AvgIpc) is 3.17. The van der Waals surface area contributed by atoms with Crippen LogP contribution >= 0.6 is 11.8 Å². The number of ether oxygens (including phenoxy) is 1. The number of aromatic amines is 1. The van der Waals surface area contributed by atoms with E-state index in [1.165, 1.54) is 12.0 Å². The molecule has 25 heavy (non-hydrogen) atoms. The second kappa shape index (κ2) is 7.20. The number of nitrogens with zero attached hydrogens (tertiary/aromatic N) is 1. The largest absolute Gasteiger partial charge is 0.466 e. The third kappa shape index (κ3) is 3.22. The van der Waals surface area contributed by atoms with E-state index in [1.54, 1.807) is 11.8 Å². The van der Waals surface area contributed by atoms with Gasteiger partial charge in [0, 0.05) is 34.2 Å².